The van der Waals surface area contributed by atoms with Gasteiger partial charge in [-0.25, -0.2) is 4.39 Å². The van der Waals surface area contributed by atoms with Gasteiger partial charge in [-0.15, -0.1) is 0 Å². The molecule has 0 aromatic heterocycles. The highest BCUT2D eigenvalue weighted by molar-refractivity contribution is 5.68. The van der Waals surface area contributed by atoms with Gasteiger partial charge in [0.05, 0.1) is 6.61 Å². The van der Waals surface area contributed by atoms with Crippen LogP contribution in [0.4, 0.5) is 4.39 Å². The van der Waals surface area contributed by atoms with Crippen molar-refractivity contribution in [2.45, 2.75) is 20.1 Å². The maximum Gasteiger partial charge on any atom is 0.124 e. The summed E-state index contributed by atoms with van der Waals surface area (Å²) in [7, 11) is 4.00. The average Bonchev–Trinajstić information content (AvgIpc) is 2.36. The van der Waals surface area contributed by atoms with Crippen LogP contribution in [0.15, 0.2) is 36.4 Å². The third-order valence-electron chi connectivity index (χ3n) is 3.19. The molecule has 0 saturated heterocycles. The lowest BCUT2D eigenvalue weighted by Crippen LogP contribution is -2.11. The molecule has 0 unspecified atom stereocenters. The Hall–Kier alpha value is -1.71. The van der Waals surface area contributed by atoms with E-state index in [0.717, 1.165) is 34.4 Å². The fourth-order valence-corrected chi connectivity index (χ4v) is 2.41. The molecule has 0 aliphatic rings. The molecular weight excluding hydrogens is 253 g/mol. The molecule has 3 heteroatoms. The Morgan fingerprint density at radius 2 is 1.85 bits per heavy atom. The van der Waals surface area contributed by atoms with Gasteiger partial charge < -0.3 is 10.0 Å². The van der Waals surface area contributed by atoms with E-state index in [4.69, 9.17) is 0 Å². The molecule has 0 atom stereocenters. The summed E-state index contributed by atoms with van der Waals surface area (Å²) in [6.07, 6.45) is 0. The number of aryl methyl sites for hydroxylation is 1. The normalized spacial score (nSPS) is 11.1. The summed E-state index contributed by atoms with van der Waals surface area (Å²) >= 11 is 0. The van der Waals surface area contributed by atoms with Crippen LogP contribution >= 0.6 is 0 Å². The quantitative estimate of drug-likeness (QED) is 0.923. The first-order valence-corrected chi connectivity index (χ1v) is 6.64. The number of hydrogen-bond acceptors (Lipinski definition) is 2. The van der Waals surface area contributed by atoms with Gasteiger partial charge in [-0.3, -0.25) is 0 Å². The van der Waals surface area contributed by atoms with Gasteiger partial charge in [0.25, 0.3) is 0 Å². The van der Waals surface area contributed by atoms with Crippen molar-refractivity contribution in [1.29, 1.82) is 0 Å². The van der Waals surface area contributed by atoms with Gasteiger partial charge in [0.1, 0.15) is 5.82 Å². The van der Waals surface area contributed by atoms with Gasteiger partial charge in [0, 0.05) is 6.54 Å². The Bertz CT molecular complexity index is 588. The first-order valence-electron chi connectivity index (χ1n) is 6.64. The van der Waals surface area contributed by atoms with E-state index >= 15 is 0 Å². The molecule has 0 saturated carbocycles. The second-order valence-electron chi connectivity index (χ2n) is 5.40. The van der Waals surface area contributed by atoms with Crippen LogP contribution < -0.4 is 0 Å². The van der Waals surface area contributed by atoms with E-state index in [2.05, 4.69) is 4.90 Å². The van der Waals surface area contributed by atoms with Crippen LogP contribution in [-0.2, 0) is 13.2 Å². The summed E-state index contributed by atoms with van der Waals surface area (Å²) < 4.78 is 13.5. The molecule has 0 aliphatic carbocycles. The predicted octanol–water partition coefficient (Wildman–Crippen LogP) is 3.36. The van der Waals surface area contributed by atoms with Crippen molar-refractivity contribution in [2.75, 3.05) is 14.1 Å². The summed E-state index contributed by atoms with van der Waals surface area (Å²) in [5.74, 6) is -0.249. The number of rotatable bonds is 4. The zero-order valence-corrected chi connectivity index (χ0v) is 12.2. The summed E-state index contributed by atoms with van der Waals surface area (Å²) in [5, 5.41) is 9.57. The Labute approximate surface area is 119 Å². The number of nitrogens with zero attached hydrogens (tertiary/aromatic N) is 1. The van der Waals surface area contributed by atoms with Crippen molar-refractivity contribution >= 4 is 0 Å². The van der Waals surface area contributed by atoms with Gasteiger partial charge in [-0.1, -0.05) is 24.3 Å². The highest BCUT2D eigenvalue weighted by Crippen LogP contribution is 2.27. The molecule has 0 radical (unpaired) electrons. The Morgan fingerprint density at radius 3 is 2.45 bits per heavy atom. The van der Waals surface area contributed by atoms with E-state index in [-0.39, 0.29) is 12.4 Å². The van der Waals surface area contributed by atoms with E-state index < -0.39 is 0 Å². The van der Waals surface area contributed by atoms with Crippen molar-refractivity contribution < 1.29 is 9.50 Å². The molecule has 0 aliphatic heterocycles. The SMILES string of the molecule is Cc1cc(F)cc(-c2ccc(CN(C)C)cc2CO)c1. The molecule has 2 aromatic rings. The second kappa shape index (κ2) is 6.16. The Balaban J connectivity index is 2.45. The van der Waals surface area contributed by atoms with E-state index in [1.54, 1.807) is 0 Å². The first-order chi connectivity index (χ1) is 9.49. The molecule has 20 heavy (non-hydrogen) atoms. The highest BCUT2D eigenvalue weighted by Gasteiger charge is 2.08. The van der Waals surface area contributed by atoms with Gasteiger partial charge in [-0.2, -0.15) is 0 Å². The maximum absolute atomic E-state index is 13.5. The van der Waals surface area contributed by atoms with E-state index in [0.29, 0.717) is 0 Å². The standard InChI is InChI=1S/C17H20FNO/c1-12-6-14(9-16(18)7-12)17-5-4-13(10-19(2)3)8-15(17)11-20/h4-9,20H,10-11H2,1-3H3. The van der Waals surface area contributed by atoms with E-state index in [1.165, 1.54) is 12.1 Å². The number of benzene rings is 2. The van der Waals surface area contributed by atoms with Crippen LogP contribution in [0.1, 0.15) is 16.7 Å². The van der Waals surface area contributed by atoms with Crippen LogP contribution in [-0.4, -0.2) is 24.1 Å². The van der Waals surface area contributed by atoms with Crippen LogP contribution in [0, 0.1) is 12.7 Å². The van der Waals surface area contributed by atoms with Crippen molar-refractivity contribution in [1.82, 2.24) is 4.90 Å². The third-order valence-corrected chi connectivity index (χ3v) is 3.19. The number of halogens is 1. The fourth-order valence-electron chi connectivity index (χ4n) is 2.41. The number of aliphatic hydroxyl groups is 1. The minimum Gasteiger partial charge on any atom is -0.392 e. The largest absolute Gasteiger partial charge is 0.392 e. The molecule has 0 heterocycles. The number of hydrogen-bond donors (Lipinski definition) is 1. The summed E-state index contributed by atoms with van der Waals surface area (Å²) in [6, 6.07) is 10.9. The summed E-state index contributed by atoms with van der Waals surface area (Å²) in [6.45, 7) is 2.63. The molecule has 106 valence electrons. The Kier molecular flexibility index (Phi) is 4.53. The summed E-state index contributed by atoms with van der Waals surface area (Å²) in [4.78, 5) is 2.07. The lowest BCUT2D eigenvalue weighted by atomic mass is 9.96. The zero-order valence-electron chi connectivity index (χ0n) is 12.2. The topological polar surface area (TPSA) is 23.5 Å². The van der Waals surface area contributed by atoms with Gasteiger partial charge in [-0.05, 0) is 61.0 Å². The monoisotopic (exact) mass is 273 g/mol. The summed E-state index contributed by atoms with van der Waals surface area (Å²) in [5.41, 5.74) is 4.53. The van der Waals surface area contributed by atoms with E-state index in [1.807, 2.05) is 45.3 Å². The molecule has 2 aromatic carbocycles. The Morgan fingerprint density at radius 1 is 1.10 bits per heavy atom. The van der Waals surface area contributed by atoms with Crippen LogP contribution in [0.5, 0.6) is 0 Å². The fraction of sp³-hybridized carbons (Fsp3) is 0.294. The average molecular weight is 273 g/mol. The van der Waals surface area contributed by atoms with Crippen LogP contribution in [0.3, 0.4) is 0 Å². The predicted molar refractivity (Wildman–Crippen MR) is 79.9 cm³/mol. The van der Waals surface area contributed by atoms with Gasteiger partial charge in [0.2, 0.25) is 0 Å². The lowest BCUT2D eigenvalue weighted by Gasteiger charge is -2.14. The van der Waals surface area contributed by atoms with Gasteiger partial charge in [0.15, 0.2) is 0 Å². The van der Waals surface area contributed by atoms with Crippen molar-refractivity contribution in [2.24, 2.45) is 0 Å². The molecule has 0 bridgehead atoms. The molecular formula is C17H20FNO. The minimum absolute atomic E-state index is 0.0494. The van der Waals surface area contributed by atoms with Crippen molar-refractivity contribution in [3.8, 4) is 11.1 Å². The van der Waals surface area contributed by atoms with Crippen LogP contribution in [0.25, 0.3) is 11.1 Å². The molecule has 1 N–H and O–H groups in total. The smallest absolute Gasteiger partial charge is 0.124 e. The molecule has 2 nitrogen and oxygen atoms in total. The minimum atomic E-state index is -0.249. The third kappa shape index (κ3) is 3.44. The van der Waals surface area contributed by atoms with E-state index in [9.17, 15) is 9.50 Å². The number of aliphatic hydroxyl groups excluding tert-OH is 1. The van der Waals surface area contributed by atoms with Crippen molar-refractivity contribution in [3.63, 3.8) is 0 Å². The maximum atomic E-state index is 13.5. The lowest BCUT2D eigenvalue weighted by molar-refractivity contribution is 0.282. The zero-order chi connectivity index (χ0) is 14.7. The second-order valence-corrected chi connectivity index (χ2v) is 5.40. The van der Waals surface area contributed by atoms with Gasteiger partial charge >= 0.3 is 0 Å². The first kappa shape index (κ1) is 14.7. The van der Waals surface area contributed by atoms with Crippen LogP contribution in [0.2, 0.25) is 0 Å². The molecule has 0 spiro atoms. The van der Waals surface area contributed by atoms with Crippen molar-refractivity contribution in [3.05, 3.63) is 58.9 Å². The molecule has 0 amide bonds. The molecule has 2 rings (SSSR count). The molecule has 0 fully saturated rings. The highest BCUT2D eigenvalue weighted by atomic mass is 19.1.